The Morgan fingerprint density at radius 1 is 1.00 bits per heavy atom. The van der Waals surface area contributed by atoms with Gasteiger partial charge in [-0.3, -0.25) is 19.2 Å². The Hall–Kier alpha value is -2.38. The zero-order valence-electron chi connectivity index (χ0n) is 14.8. The van der Waals surface area contributed by atoms with Crippen LogP contribution < -0.4 is 27.4 Å². The van der Waals surface area contributed by atoms with Crippen molar-refractivity contribution in [2.75, 3.05) is 5.75 Å². The molecule has 0 aliphatic rings. The molecule has 0 aromatic heterocycles. The smallest absolute Gasteiger partial charge is 0.326 e. The van der Waals surface area contributed by atoms with E-state index in [2.05, 4.69) is 28.6 Å². The fourth-order valence-corrected chi connectivity index (χ4v) is 1.98. The second-order valence-electron chi connectivity index (χ2n) is 5.82. The summed E-state index contributed by atoms with van der Waals surface area (Å²) in [5.74, 6) is -4.92. The molecule has 9 N–H and O–H groups in total. The van der Waals surface area contributed by atoms with Crippen molar-refractivity contribution in [1.29, 1.82) is 0 Å². The Morgan fingerprint density at radius 3 is 1.96 bits per heavy atom. The minimum atomic E-state index is -1.56. The number of primary amides is 1. The molecule has 0 aromatic carbocycles. The zero-order valence-corrected chi connectivity index (χ0v) is 15.7. The van der Waals surface area contributed by atoms with Crippen molar-refractivity contribution in [3.8, 4) is 0 Å². The molecular formula is C14H25N5O7S. The highest BCUT2D eigenvalue weighted by Gasteiger charge is 2.30. The second kappa shape index (κ2) is 11.4. The lowest BCUT2D eigenvalue weighted by Crippen LogP contribution is -2.59. The van der Waals surface area contributed by atoms with Crippen LogP contribution in [0.15, 0.2) is 0 Å². The summed E-state index contributed by atoms with van der Waals surface area (Å²) >= 11 is 3.85. The van der Waals surface area contributed by atoms with Crippen molar-refractivity contribution < 1.29 is 34.2 Å². The van der Waals surface area contributed by atoms with Gasteiger partial charge in [0.05, 0.1) is 18.6 Å². The number of carbonyl (C=O) groups excluding carboxylic acids is 4. The maximum atomic E-state index is 12.2. The normalized spacial score (nSPS) is 16.2. The predicted molar refractivity (Wildman–Crippen MR) is 96.4 cm³/mol. The van der Waals surface area contributed by atoms with E-state index in [-0.39, 0.29) is 5.75 Å². The van der Waals surface area contributed by atoms with Gasteiger partial charge in [-0.2, -0.15) is 12.6 Å². The molecule has 5 unspecified atom stereocenters. The van der Waals surface area contributed by atoms with Gasteiger partial charge in [0.25, 0.3) is 0 Å². The first-order valence-corrected chi connectivity index (χ1v) is 8.50. The number of carboxylic acid groups (broad SMARTS) is 1. The van der Waals surface area contributed by atoms with E-state index < -0.39 is 66.3 Å². The van der Waals surface area contributed by atoms with E-state index in [1.165, 1.54) is 13.8 Å². The van der Waals surface area contributed by atoms with Crippen LogP contribution in [0.1, 0.15) is 20.3 Å². The number of aliphatic carboxylic acids is 1. The monoisotopic (exact) mass is 407 g/mol. The van der Waals surface area contributed by atoms with Crippen molar-refractivity contribution in [3.05, 3.63) is 0 Å². The van der Waals surface area contributed by atoms with Crippen LogP contribution in [-0.2, 0) is 24.0 Å². The molecule has 0 saturated carbocycles. The molecule has 27 heavy (non-hydrogen) atoms. The van der Waals surface area contributed by atoms with Gasteiger partial charge in [-0.05, 0) is 13.8 Å². The maximum Gasteiger partial charge on any atom is 0.326 e. The lowest BCUT2D eigenvalue weighted by atomic mass is 10.1. The van der Waals surface area contributed by atoms with Crippen LogP contribution in [-0.4, -0.2) is 75.8 Å². The third kappa shape index (κ3) is 8.70. The van der Waals surface area contributed by atoms with Crippen LogP contribution >= 0.6 is 12.6 Å². The van der Waals surface area contributed by atoms with Gasteiger partial charge in [0.2, 0.25) is 23.6 Å². The fraction of sp³-hybridized carbons (Fsp3) is 0.643. The Balaban J connectivity index is 4.96. The highest BCUT2D eigenvalue weighted by Crippen LogP contribution is 1.98. The standard InChI is InChI=1S/C14H25N5O7S/c1-5(11(22)18-8(14(25)26)3-9(16)21)17-13(24)10(6(2)20)19-12(23)7(15)4-27/h5-8,10,20,27H,3-4,15H2,1-2H3,(H2,16,21)(H,17,24)(H,18,22)(H,19,23)(H,25,26). The fourth-order valence-electron chi connectivity index (χ4n) is 1.82. The van der Waals surface area contributed by atoms with Gasteiger partial charge in [0.1, 0.15) is 18.1 Å². The third-order valence-electron chi connectivity index (χ3n) is 3.37. The van der Waals surface area contributed by atoms with Crippen molar-refractivity contribution in [3.63, 3.8) is 0 Å². The van der Waals surface area contributed by atoms with Crippen molar-refractivity contribution >= 4 is 42.2 Å². The molecule has 0 heterocycles. The third-order valence-corrected chi connectivity index (χ3v) is 3.76. The first-order valence-electron chi connectivity index (χ1n) is 7.87. The second-order valence-corrected chi connectivity index (χ2v) is 6.18. The van der Waals surface area contributed by atoms with Gasteiger partial charge in [0.15, 0.2) is 0 Å². The first-order chi connectivity index (χ1) is 12.4. The minimum absolute atomic E-state index is 0.00916. The summed E-state index contributed by atoms with van der Waals surface area (Å²) in [6.45, 7) is 2.49. The molecule has 4 amide bonds. The number of hydrogen-bond donors (Lipinski definition) is 8. The Labute approximate surface area is 160 Å². The molecule has 0 bridgehead atoms. The number of hydrogen-bond acceptors (Lipinski definition) is 8. The lowest BCUT2D eigenvalue weighted by molar-refractivity contribution is -0.143. The molecule has 154 valence electrons. The molecule has 0 spiro atoms. The van der Waals surface area contributed by atoms with Gasteiger partial charge in [0, 0.05) is 5.75 Å². The molecule has 0 aliphatic carbocycles. The quantitative estimate of drug-likeness (QED) is 0.158. The van der Waals surface area contributed by atoms with Crippen molar-refractivity contribution in [2.24, 2.45) is 11.5 Å². The predicted octanol–water partition coefficient (Wildman–Crippen LogP) is -3.94. The molecule has 0 rings (SSSR count). The van der Waals surface area contributed by atoms with Gasteiger partial charge in [-0.15, -0.1) is 0 Å². The number of nitrogens with one attached hydrogen (secondary N) is 3. The average molecular weight is 407 g/mol. The van der Waals surface area contributed by atoms with E-state index in [0.717, 1.165) is 0 Å². The number of carbonyl (C=O) groups is 5. The maximum absolute atomic E-state index is 12.2. The molecule has 0 saturated heterocycles. The van der Waals surface area contributed by atoms with Crippen LogP contribution in [0.3, 0.4) is 0 Å². The number of aliphatic hydroxyl groups excluding tert-OH is 1. The molecule has 0 radical (unpaired) electrons. The van der Waals surface area contributed by atoms with Gasteiger partial charge < -0.3 is 37.6 Å². The SMILES string of the molecule is CC(NC(=O)C(NC(=O)C(N)CS)C(C)O)C(=O)NC(CC(N)=O)C(=O)O. The van der Waals surface area contributed by atoms with E-state index in [9.17, 15) is 29.1 Å². The molecule has 13 heteroatoms. The zero-order chi connectivity index (χ0) is 21.3. The van der Waals surface area contributed by atoms with Crippen LogP contribution in [0.2, 0.25) is 0 Å². The topological polar surface area (TPSA) is 214 Å². The highest BCUT2D eigenvalue weighted by atomic mass is 32.1. The number of carboxylic acids is 1. The summed E-state index contributed by atoms with van der Waals surface area (Å²) in [4.78, 5) is 57.9. The number of thiol groups is 1. The molecule has 0 aliphatic heterocycles. The van der Waals surface area contributed by atoms with E-state index in [1.54, 1.807) is 0 Å². The minimum Gasteiger partial charge on any atom is -0.480 e. The molecule has 0 fully saturated rings. The summed E-state index contributed by atoms with van der Waals surface area (Å²) < 4.78 is 0. The summed E-state index contributed by atoms with van der Waals surface area (Å²) in [5.41, 5.74) is 10.4. The summed E-state index contributed by atoms with van der Waals surface area (Å²) in [6.07, 6.45) is -1.94. The van der Waals surface area contributed by atoms with Gasteiger partial charge >= 0.3 is 5.97 Å². The molecule has 12 nitrogen and oxygen atoms in total. The van der Waals surface area contributed by atoms with Gasteiger partial charge in [-0.25, -0.2) is 4.79 Å². The first kappa shape index (κ1) is 24.6. The molecule has 5 atom stereocenters. The summed E-state index contributed by atoms with van der Waals surface area (Å²) in [7, 11) is 0. The average Bonchev–Trinajstić information content (AvgIpc) is 2.56. The van der Waals surface area contributed by atoms with Crippen molar-refractivity contribution in [2.45, 2.75) is 50.5 Å². The number of rotatable bonds is 11. The summed E-state index contributed by atoms with van der Waals surface area (Å²) in [5, 5.41) is 25.2. The number of nitrogens with two attached hydrogens (primary N) is 2. The van der Waals surface area contributed by atoms with Crippen LogP contribution in [0.4, 0.5) is 0 Å². The summed E-state index contributed by atoms with van der Waals surface area (Å²) in [6, 6.07) is -5.20. The van der Waals surface area contributed by atoms with Crippen LogP contribution in [0, 0.1) is 0 Å². The van der Waals surface area contributed by atoms with E-state index in [4.69, 9.17) is 16.6 Å². The highest BCUT2D eigenvalue weighted by molar-refractivity contribution is 7.80. The Morgan fingerprint density at radius 2 is 1.56 bits per heavy atom. The van der Waals surface area contributed by atoms with Crippen LogP contribution in [0.5, 0.6) is 0 Å². The number of amides is 4. The molecular weight excluding hydrogens is 382 g/mol. The van der Waals surface area contributed by atoms with E-state index in [0.29, 0.717) is 0 Å². The van der Waals surface area contributed by atoms with Gasteiger partial charge in [-0.1, -0.05) is 0 Å². The van der Waals surface area contributed by atoms with E-state index >= 15 is 0 Å². The molecule has 0 aromatic rings. The lowest BCUT2D eigenvalue weighted by Gasteiger charge is -2.24. The van der Waals surface area contributed by atoms with E-state index in [1.807, 2.05) is 0 Å². The largest absolute Gasteiger partial charge is 0.480 e. The Bertz CT molecular complexity index is 586. The van der Waals surface area contributed by atoms with Crippen LogP contribution in [0.25, 0.3) is 0 Å². The van der Waals surface area contributed by atoms with Crippen molar-refractivity contribution in [1.82, 2.24) is 16.0 Å². The Kier molecular flexibility index (Phi) is 10.4. The number of aliphatic hydroxyl groups is 1.